The molecule has 0 unspecified atom stereocenters. The SMILES string of the molecule is CCCN(C(C)C)C1(CN)CCC1. The van der Waals surface area contributed by atoms with Gasteiger partial charge >= 0.3 is 0 Å². The molecule has 0 atom stereocenters. The molecule has 78 valence electrons. The first-order valence-corrected chi connectivity index (χ1v) is 5.63. The lowest BCUT2D eigenvalue weighted by Crippen LogP contribution is -2.60. The molecule has 2 nitrogen and oxygen atoms in total. The van der Waals surface area contributed by atoms with Gasteiger partial charge in [0.05, 0.1) is 0 Å². The van der Waals surface area contributed by atoms with Crippen LogP contribution in [0.25, 0.3) is 0 Å². The lowest BCUT2D eigenvalue weighted by Gasteiger charge is -2.52. The van der Waals surface area contributed by atoms with Gasteiger partial charge in [0.25, 0.3) is 0 Å². The summed E-state index contributed by atoms with van der Waals surface area (Å²) in [6.07, 6.45) is 5.22. The van der Waals surface area contributed by atoms with Crippen LogP contribution in [-0.4, -0.2) is 29.6 Å². The van der Waals surface area contributed by atoms with E-state index in [9.17, 15) is 0 Å². The van der Waals surface area contributed by atoms with Crippen molar-refractivity contribution >= 4 is 0 Å². The van der Waals surface area contributed by atoms with Gasteiger partial charge in [-0.1, -0.05) is 6.92 Å². The van der Waals surface area contributed by atoms with E-state index in [0.717, 1.165) is 6.54 Å². The molecule has 1 rings (SSSR count). The third-order valence-electron chi connectivity index (χ3n) is 3.36. The third kappa shape index (κ3) is 2.05. The van der Waals surface area contributed by atoms with E-state index in [1.165, 1.54) is 32.2 Å². The summed E-state index contributed by atoms with van der Waals surface area (Å²) in [6.45, 7) is 8.86. The molecule has 0 radical (unpaired) electrons. The zero-order valence-corrected chi connectivity index (χ0v) is 9.34. The molecule has 2 N–H and O–H groups in total. The standard InChI is InChI=1S/C11H24N2/c1-4-8-13(10(2)3)11(9-12)6-5-7-11/h10H,4-9,12H2,1-3H3. The molecule has 1 aliphatic rings. The minimum atomic E-state index is 0.365. The maximum atomic E-state index is 5.90. The molecule has 13 heavy (non-hydrogen) atoms. The Morgan fingerprint density at radius 2 is 2.00 bits per heavy atom. The number of hydrogen-bond donors (Lipinski definition) is 1. The van der Waals surface area contributed by atoms with Crippen molar-refractivity contribution in [2.24, 2.45) is 5.73 Å². The van der Waals surface area contributed by atoms with Gasteiger partial charge in [0, 0.05) is 18.1 Å². The Balaban J connectivity index is 2.61. The van der Waals surface area contributed by atoms with Gasteiger partial charge in [-0.2, -0.15) is 0 Å². The topological polar surface area (TPSA) is 29.3 Å². The van der Waals surface area contributed by atoms with Gasteiger partial charge in [0.15, 0.2) is 0 Å². The molecular formula is C11H24N2. The van der Waals surface area contributed by atoms with E-state index in [1.807, 2.05) is 0 Å². The van der Waals surface area contributed by atoms with Crippen molar-refractivity contribution in [1.82, 2.24) is 4.90 Å². The highest BCUT2D eigenvalue weighted by Gasteiger charge is 2.41. The zero-order chi connectivity index (χ0) is 9.90. The monoisotopic (exact) mass is 184 g/mol. The van der Waals surface area contributed by atoms with Gasteiger partial charge in [-0.25, -0.2) is 0 Å². The average Bonchev–Trinajstić information content (AvgIpc) is 2.01. The highest BCUT2D eigenvalue weighted by atomic mass is 15.2. The Morgan fingerprint density at radius 3 is 2.23 bits per heavy atom. The third-order valence-corrected chi connectivity index (χ3v) is 3.36. The van der Waals surface area contributed by atoms with Gasteiger partial charge < -0.3 is 5.73 Å². The van der Waals surface area contributed by atoms with Crippen LogP contribution >= 0.6 is 0 Å². The largest absolute Gasteiger partial charge is 0.329 e. The fourth-order valence-corrected chi connectivity index (χ4v) is 2.48. The molecule has 0 aliphatic heterocycles. The molecule has 0 saturated heterocycles. The van der Waals surface area contributed by atoms with E-state index in [4.69, 9.17) is 5.73 Å². The molecule has 0 bridgehead atoms. The Morgan fingerprint density at radius 1 is 1.38 bits per heavy atom. The van der Waals surface area contributed by atoms with E-state index >= 15 is 0 Å². The quantitative estimate of drug-likeness (QED) is 0.708. The van der Waals surface area contributed by atoms with Crippen LogP contribution in [0.1, 0.15) is 46.5 Å². The van der Waals surface area contributed by atoms with Crippen molar-refractivity contribution in [3.05, 3.63) is 0 Å². The van der Waals surface area contributed by atoms with Gasteiger partial charge in [-0.15, -0.1) is 0 Å². The predicted octanol–water partition coefficient (Wildman–Crippen LogP) is 1.99. The van der Waals surface area contributed by atoms with E-state index in [0.29, 0.717) is 11.6 Å². The summed E-state index contributed by atoms with van der Waals surface area (Å²) in [6, 6.07) is 0.642. The molecular weight excluding hydrogens is 160 g/mol. The van der Waals surface area contributed by atoms with Gasteiger partial charge in [0.2, 0.25) is 0 Å². The Kier molecular flexibility index (Phi) is 3.74. The van der Waals surface area contributed by atoms with E-state index in [-0.39, 0.29) is 0 Å². The Labute approximate surface area is 82.5 Å². The summed E-state index contributed by atoms with van der Waals surface area (Å²) in [4.78, 5) is 2.61. The average molecular weight is 184 g/mol. The Bertz CT molecular complexity index is 145. The minimum Gasteiger partial charge on any atom is -0.329 e. The summed E-state index contributed by atoms with van der Waals surface area (Å²) in [7, 11) is 0. The first-order chi connectivity index (χ1) is 6.16. The fraction of sp³-hybridized carbons (Fsp3) is 1.00. The maximum absolute atomic E-state index is 5.90. The molecule has 0 spiro atoms. The first kappa shape index (κ1) is 11.0. The second-order valence-electron chi connectivity index (χ2n) is 4.57. The fourth-order valence-electron chi connectivity index (χ4n) is 2.48. The van der Waals surface area contributed by atoms with Crippen LogP contribution in [0, 0.1) is 0 Å². The molecule has 1 aliphatic carbocycles. The molecule has 0 aromatic heterocycles. The van der Waals surface area contributed by atoms with E-state index in [1.54, 1.807) is 0 Å². The molecule has 0 aromatic carbocycles. The lowest BCUT2D eigenvalue weighted by molar-refractivity contribution is -0.000630. The van der Waals surface area contributed by atoms with Crippen molar-refractivity contribution in [2.75, 3.05) is 13.1 Å². The summed E-state index contributed by atoms with van der Waals surface area (Å²) in [5.41, 5.74) is 6.26. The summed E-state index contributed by atoms with van der Waals surface area (Å²) in [5.74, 6) is 0. The van der Waals surface area contributed by atoms with Crippen LogP contribution in [0.5, 0.6) is 0 Å². The summed E-state index contributed by atoms with van der Waals surface area (Å²) >= 11 is 0. The second-order valence-corrected chi connectivity index (χ2v) is 4.57. The van der Waals surface area contributed by atoms with Crippen molar-refractivity contribution in [3.8, 4) is 0 Å². The molecule has 2 heteroatoms. The zero-order valence-electron chi connectivity index (χ0n) is 9.34. The van der Waals surface area contributed by atoms with Crippen molar-refractivity contribution in [3.63, 3.8) is 0 Å². The molecule has 1 fully saturated rings. The summed E-state index contributed by atoms with van der Waals surface area (Å²) < 4.78 is 0. The Hall–Kier alpha value is -0.0800. The minimum absolute atomic E-state index is 0.365. The highest BCUT2D eigenvalue weighted by Crippen LogP contribution is 2.37. The van der Waals surface area contributed by atoms with Crippen LogP contribution < -0.4 is 5.73 Å². The number of rotatable bonds is 5. The summed E-state index contributed by atoms with van der Waals surface area (Å²) in [5, 5.41) is 0. The van der Waals surface area contributed by atoms with Crippen LogP contribution in [0.4, 0.5) is 0 Å². The van der Waals surface area contributed by atoms with Gasteiger partial charge in [-0.3, -0.25) is 4.90 Å². The maximum Gasteiger partial charge on any atom is 0.0334 e. The van der Waals surface area contributed by atoms with Gasteiger partial charge in [-0.05, 0) is 46.1 Å². The second kappa shape index (κ2) is 4.43. The molecule has 0 heterocycles. The highest BCUT2D eigenvalue weighted by molar-refractivity contribution is 4.99. The number of nitrogens with two attached hydrogens (primary N) is 1. The van der Waals surface area contributed by atoms with Crippen LogP contribution in [0.15, 0.2) is 0 Å². The van der Waals surface area contributed by atoms with E-state index < -0.39 is 0 Å². The van der Waals surface area contributed by atoms with E-state index in [2.05, 4.69) is 25.7 Å². The van der Waals surface area contributed by atoms with Crippen LogP contribution in [0.3, 0.4) is 0 Å². The predicted molar refractivity (Wildman–Crippen MR) is 57.8 cm³/mol. The van der Waals surface area contributed by atoms with Crippen molar-refractivity contribution in [1.29, 1.82) is 0 Å². The number of hydrogen-bond acceptors (Lipinski definition) is 2. The van der Waals surface area contributed by atoms with Gasteiger partial charge in [0.1, 0.15) is 0 Å². The normalized spacial score (nSPS) is 20.8. The lowest BCUT2D eigenvalue weighted by atomic mass is 9.74. The molecule has 1 saturated carbocycles. The van der Waals surface area contributed by atoms with Crippen molar-refractivity contribution in [2.45, 2.75) is 58.0 Å². The smallest absolute Gasteiger partial charge is 0.0334 e. The first-order valence-electron chi connectivity index (χ1n) is 5.63. The molecule has 0 aromatic rings. The van der Waals surface area contributed by atoms with Crippen LogP contribution in [0.2, 0.25) is 0 Å². The number of nitrogens with zero attached hydrogens (tertiary/aromatic N) is 1. The van der Waals surface area contributed by atoms with Crippen molar-refractivity contribution < 1.29 is 0 Å². The molecule has 0 amide bonds. The van der Waals surface area contributed by atoms with Crippen LogP contribution in [-0.2, 0) is 0 Å².